The molecule has 1 unspecified atom stereocenters. The van der Waals surface area contributed by atoms with Crippen LogP contribution in [0.15, 0.2) is 0 Å². The van der Waals surface area contributed by atoms with Crippen molar-refractivity contribution in [2.75, 3.05) is 11.5 Å². The third-order valence-corrected chi connectivity index (χ3v) is 3.05. The van der Waals surface area contributed by atoms with Gasteiger partial charge in [0.1, 0.15) is 0 Å². The number of thioether (sulfide) groups is 1. The fourth-order valence-electron chi connectivity index (χ4n) is 0.853. The van der Waals surface area contributed by atoms with E-state index in [1.54, 1.807) is 0 Å². The second-order valence-electron chi connectivity index (χ2n) is 3.74. The Labute approximate surface area is 87.1 Å². The van der Waals surface area contributed by atoms with Gasteiger partial charge in [-0.15, -0.1) is 0 Å². The van der Waals surface area contributed by atoms with Crippen LogP contribution in [0.25, 0.3) is 0 Å². The van der Waals surface area contributed by atoms with Crippen LogP contribution in [0.2, 0.25) is 0 Å². The first kappa shape index (κ1) is 14.1. The topological polar surface area (TPSA) is 20.2 Å². The lowest BCUT2D eigenvalue weighted by atomic mass is 10.2. The molecule has 0 radical (unpaired) electrons. The van der Waals surface area contributed by atoms with E-state index in [1.807, 2.05) is 13.8 Å². The minimum absolute atomic E-state index is 0.186. The summed E-state index contributed by atoms with van der Waals surface area (Å²) in [7, 11) is 0. The van der Waals surface area contributed by atoms with E-state index in [4.69, 9.17) is 0 Å². The van der Waals surface area contributed by atoms with E-state index in [0.29, 0.717) is 11.7 Å². The maximum atomic E-state index is 11.7. The van der Waals surface area contributed by atoms with Crippen molar-refractivity contribution < 1.29 is 18.3 Å². The van der Waals surface area contributed by atoms with Gasteiger partial charge in [-0.05, 0) is 18.1 Å². The van der Waals surface area contributed by atoms with E-state index in [1.165, 1.54) is 11.8 Å². The molecule has 0 rings (SSSR count). The van der Waals surface area contributed by atoms with Gasteiger partial charge in [0, 0.05) is 12.2 Å². The average Bonchev–Trinajstić information content (AvgIpc) is 1.99. The summed E-state index contributed by atoms with van der Waals surface area (Å²) >= 11 is 1.50. The van der Waals surface area contributed by atoms with Crippen molar-refractivity contribution in [1.82, 2.24) is 0 Å². The van der Waals surface area contributed by atoms with E-state index in [0.717, 1.165) is 5.75 Å². The molecular formula is C9H17F3OS. The highest BCUT2D eigenvalue weighted by Crippen LogP contribution is 2.23. The highest BCUT2D eigenvalue weighted by atomic mass is 32.2. The molecule has 0 amide bonds. The van der Waals surface area contributed by atoms with E-state index < -0.39 is 18.7 Å². The Bertz CT molecular complexity index is 147. The first-order valence-corrected chi connectivity index (χ1v) is 5.79. The monoisotopic (exact) mass is 230 g/mol. The lowest BCUT2D eigenvalue weighted by Crippen LogP contribution is -2.16. The van der Waals surface area contributed by atoms with Gasteiger partial charge in [0.25, 0.3) is 0 Å². The zero-order valence-electron chi connectivity index (χ0n) is 8.47. The van der Waals surface area contributed by atoms with E-state index in [9.17, 15) is 18.3 Å². The third-order valence-electron chi connectivity index (χ3n) is 1.52. The standard InChI is InChI=1S/C9H17F3OS/c1-7(2)5-14-6-8(13)3-4-9(10,11)12/h7-8,13H,3-6H2,1-2H3. The molecule has 0 saturated heterocycles. The van der Waals surface area contributed by atoms with Crippen LogP contribution in [0, 0.1) is 5.92 Å². The molecule has 0 aromatic heterocycles. The van der Waals surface area contributed by atoms with Gasteiger partial charge in [-0.1, -0.05) is 13.8 Å². The molecule has 0 heterocycles. The minimum atomic E-state index is -4.15. The molecule has 0 aromatic carbocycles. The summed E-state index contributed by atoms with van der Waals surface area (Å²) < 4.78 is 35.2. The van der Waals surface area contributed by atoms with Gasteiger partial charge in [0.2, 0.25) is 0 Å². The summed E-state index contributed by atoms with van der Waals surface area (Å²) in [4.78, 5) is 0. The molecule has 1 atom stereocenters. The van der Waals surface area contributed by atoms with Crippen molar-refractivity contribution in [3.05, 3.63) is 0 Å². The van der Waals surface area contributed by atoms with Crippen molar-refractivity contribution in [3.63, 3.8) is 0 Å². The number of hydrogen-bond donors (Lipinski definition) is 1. The van der Waals surface area contributed by atoms with Crippen LogP contribution >= 0.6 is 11.8 Å². The normalized spacial score (nSPS) is 14.8. The molecular weight excluding hydrogens is 213 g/mol. The maximum absolute atomic E-state index is 11.7. The molecule has 0 bridgehead atoms. The molecule has 1 N–H and O–H groups in total. The summed E-state index contributed by atoms with van der Waals surface area (Å²) in [6, 6.07) is 0. The predicted molar refractivity (Wildman–Crippen MR) is 53.5 cm³/mol. The summed E-state index contributed by atoms with van der Waals surface area (Å²) in [5.41, 5.74) is 0. The zero-order chi connectivity index (χ0) is 11.2. The maximum Gasteiger partial charge on any atom is 0.389 e. The van der Waals surface area contributed by atoms with E-state index in [2.05, 4.69) is 0 Å². The van der Waals surface area contributed by atoms with Crippen LogP contribution in [-0.4, -0.2) is 28.9 Å². The zero-order valence-corrected chi connectivity index (χ0v) is 9.29. The number of aliphatic hydroxyl groups is 1. The second-order valence-corrected chi connectivity index (χ2v) is 4.81. The van der Waals surface area contributed by atoms with Crippen LogP contribution < -0.4 is 0 Å². The van der Waals surface area contributed by atoms with Gasteiger partial charge in [0.15, 0.2) is 0 Å². The van der Waals surface area contributed by atoms with Crippen LogP contribution in [0.5, 0.6) is 0 Å². The first-order chi connectivity index (χ1) is 6.31. The summed E-state index contributed by atoms with van der Waals surface area (Å²) in [6.07, 6.45) is -6.06. The van der Waals surface area contributed by atoms with Gasteiger partial charge >= 0.3 is 6.18 Å². The van der Waals surface area contributed by atoms with Crippen LogP contribution in [0.1, 0.15) is 26.7 Å². The molecule has 1 nitrogen and oxygen atoms in total. The molecule has 5 heteroatoms. The third kappa shape index (κ3) is 10.2. The molecule has 0 aliphatic carbocycles. The van der Waals surface area contributed by atoms with Gasteiger partial charge < -0.3 is 5.11 Å². The summed E-state index contributed by atoms with van der Waals surface area (Å²) in [5.74, 6) is 1.78. The van der Waals surface area contributed by atoms with Crippen molar-refractivity contribution in [3.8, 4) is 0 Å². The summed E-state index contributed by atoms with van der Waals surface area (Å²) in [5, 5.41) is 9.20. The van der Waals surface area contributed by atoms with Crippen molar-refractivity contribution in [2.45, 2.75) is 39.0 Å². The van der Waals surface area contributed by atoms with Crippen molar-refractivity contribution in [2.24, 2.45) is 5.92 Å². The van der Waals surface area contributed by atoms with Gasteiger partial charge in [-0.25, -0.2) is 0 Å². The highest BCUT2D eigenvalue weighted by molar-refractivity contribution is 7.99. The predicted octanol–water partition coefficient (Wildman–Crippen LogP) is 3.08. The highest BCUT2D eigenvalue weighted by Gasteiger charge is 2.27. The largest absolute Gasteiger partial charge is 0.392 e. The Kier molecular flexibility index (Phi) is 6.61. The fraction of sp³-hybridized carbons (Fsp3) is 1.00. The van der Waals surface area contributed by atoms with Gasteiger partial charge in [0.05, 0.1) is 6.10 Å². The van der Waals surface area contributed by atoms with Gasteiger partial charge in [-0.3, -0.25) is 0 Å². The molecule has 0 aliphatic heterocycles. The van der Waals surface area contributed by atoms with Crippen molar-refractivity contribution in [1.29, 1.82) is 0 Å². The Morgan fingerprint density at radius 3 is 2.21 bits per heavy atom. The Balaban J connectivity index is 3.42. The molecule has 0 spiro atoms. The Morgan fingerprint density at radius 2 is 1.79 bits per heavy atom. The quantitative estimate of drug-likeness (QED) is 0.756. The SMILES string of the molecule is CC(C)CSCC(O)CCC(F)(F)F. The molecule has 14 heavy (non-hydrogen) atoms. The molecule has 0 fully saturated rings. The Hall–Kier alpha value is 0.100. The molecule has 86 valence electrons. The van der Waals surface area contributed by atoms with Crippen molar-refractivity contribution >= 4 is 11.8 Å². The second kappa shape index (κ2) is 6.56. The Morgan fingerprint density at radius 1 is 1.21 bits per heavy atom. The number of rotatable bonds is 6. The lowest BCUT2D eigenvalue weighted by Gasteiger charge is -2.12. The average molecular weight is 230 g/mol. The number of hydrogen-bond acceptors (Lipinski definition) is 2. The number of alkyl halides is 3. The van der Waals surface area contributed by atoms with Crippen LogP contribution in [-0.2, 0) is 0 Å². The summed E-state index contributed by atoms with van der Waals surface area (Å²) in [6.45, 7) is 4.07. The smallest absolute Gasteiger partial charge is 0.389 e. The van der Waals surface area contributed by atoms with E-state index >= 15 is 0 Å². The molecule has 0 aliphatic rings. The lowest BCUT2D eigenvalue weighted by molar-refractivity contribution is -0.139. The van der Waals surface area contributed by atoms with Crippen LogP contribution in [0.4, 0.5) is 13.2 Å². The molecule has 0 aromatic rings. The van der Waals surface area contributed by atoms with E-state index in [-0.39, 0.29) is 6.42 Å². The fourth-order valence-corrected chi connectivity index (χ4v) is 1.90. The molecule has 0 saturated carbocycles. The number of halogens is 3. The minimum Gasteiger partial charge on any atom is -0.392 e. The first-order valence-electron chi connectivity index (χ1n) is 4.64. The number of aliphatic hydroxyl groups excluding tert-OH is 1. The van der Waals surface area contributed by atoms with Crippen LogP contribution in [0.3, 0.4) is 0 Å². The van der Waals surface area contributed by atoms with Gasteiger partial charge in [-0.2, -0.15) is 24.9 Å².